The first-order valence-electron chi connectivity index (χ1n) is 6.43. The van der Waals surface area contributed by atoms with E-state index in [0.29, 0.717) is 6.54 Å². The molecular weight excluding hydrogens is 263 g/mol. The highest BCUT2D eigenvalue weighted by Gasteiger charge is 2.35. The summed E-state index contributed by atoms with van der Waals surface area (Å²) in [5.74, 6) is -2.18. The standard InChI is InChI=1S/C14H17FN2O3/c1-14(2)6-3-7-17(14)13(20)16-9-4-5-11(15)10(8-9)12(18)19/h4-5,8H,3,6-7H2,1-2H3,(H,16,20)(H,18,19). The molecule has 0 bridgehead atoms. The number of nitrogens with zero attached hydrogens (tertiary/aromatic N) is 1. The second kappa shape index (κ2) is 5.11. The predicted octanol–water partition coefficient (Wildman–Crippen LogP) is 2.93. The van der Waals surface area contributed by atoms with Crippen LogP contribution in [0.25, 0.3) is 0 Å². The van der Waals surface area contributed by atoms with Crippen molar-refractivity contribution in [2.75, 3.05) is 11.9 Å². The number of likely N-dealkylation sites (tertiary alicyclic amines) is 1. The molecule has 0 spiro atoms. The molecule has 0 saturated carbocycles. The molecule has 2 amide bonds. The Hall–Kier alpha value is -2.11. The lowest BCUT2D eigenvalue weighted by Crippen LogP contribution is -2.44. The van der Waals surface area contributed by atoms with E-state index in [1.54, 1.807) is 4.90 Å². The number of anilines is 1. The van der Waals surface area contributed by atoms with E-state index in [1.807, 2.05) is 13.8 Å². The highest BCUT2D eigenvalue weighted by atomic mass is 19.1. The summed E-state index contributed by atoms with van der Waals surface area (Å²) in [4.78, 5) is 24.7. The van der Waals surface area contributed by atoms with Gasteiger partial charge in [0, 0.05) is 17.8 Å². The number of nitrogens with one attached hydrogen (secondary N) is 1. The zero-order valence-corrected chi connectivity index (χ0v) is 11.4. The van der Waals surface area contributed by atoms with E-state index in [-0.39, 0.29) is 17.3 Å². The number of hydrogen-bond acceptors (Lipinski definition) is 2. The first-order chi connectivity index (χ1) is 9.31. The fourth-order valence-electron chi connectivity index (χ4n) is 2.44. The number of carbonyl (C=O) groups excluding carboxylic acids is 1. The molecule has 1 aromatic rings. The molecule has 108 valence electrons. The van der Waals surface area contributed by atoms with E-state index in [1.165, 1.54) is 6.07 Å². The Morgan fingerprint density at radius 2 is 2.10 bits per heavy atom. The number of aromatic carboxylic acids is 1. The maximum Gasteiger partial charge on any atom is 0.338 e. The Labute approximate surface area is 116 Å². The zero-order chi connectivity index (χ0) is 14.9. The van der Waals surface area contributed by atoms with Crippen molar-refractivity contribution in [1.29, 1.82) is 0 Å². The van der Waals surface area contributed by atoms with Crippen LogP contribution in [0.1, 0.15) is 37.0 Å². The molecular formula is C14H17FN2O3. The molecule has 1 aliphatic rings. The Morgan fingerprint density at radius 1 is 1.40 bits per heavy atom. The van der Waals surface area contributed by atoms with Crippen LogP contribution in [0, 0.1) is 5.82 Å². The van der Waals surface area contributed by atoms with Crippen molar-refractivity contribution in [3.05, 3.63) is 29.6 Å². The van der Waals surface area contributed by atoms with Gasteiger partial charge in [0.25, 0.3) is 0 Å². The average molecular weight is 280 g/mol. The molecule has 1 aromatic carbocycles. The third kappa shape index (κ3) is 2.74. The van der Waals surface area contributed by atoms with E-state index >= 15 is 0 Å². The fourth-order valence-corrected chi connectivity index (χ4v) is 2.44. The summed E-state index contributed by atoms with van der Waals surface area (Å²) < 4.78 is 13.3. The molecule has 0 aromatic heterocycles. The number of carboxylic acid groups (broad SMARTS) is 1. The molecule has 1 heterocycles. The van der Waals surface area contributed by atoms with Crippen molar-refractivity contribution in [3.63, 3.8) is 0 Å². The van der Waals surface area contributed by atoms with Crippen LogP contribution in [0.15, 0.2) is 18.2 Å². The number of halogens is 1. The molecule has 0 atom stereocenters. The summed E-state index contributed by atoms with van der Waals surface area (Å²) in [7, 11) is 0. The Bertz CT molecular complexity index is 557. The first-order valence-corrected chi connectivity index (χ1v) is 6.43. The number of urea groups is 1. The van der Waals surface area contributed by atoms with E-state index < -0.39 is 17.3 Å². The molecule has 2 N–H and O–H groups in total. The number of carboxylic acids is 1. The lowest BCUT2D eigenvalue weighted by molar-refractivity contribution is 0.0692. The summed E-state index contributed by atoms with van der Waals surface area (Å²) in [6.45, 7) is 4.62. The van der Waals surface area contributed by atoms with Crippen molar-refractivity contribution in [1.82, 2.24) is 4.90 Å². The Morgan fingerprint density at radius 3 is 2.65 bits per heavy atom. The van der Waals surface area contributed by atoms with Gasteiger partial charge < -0.3 is 15.3 Å². The lowest BCUT2D eigenvalue weighted by Gasteiger charge is -2.31. The van der Waals surface area contributed by atoms with Gasteiger partial charge in [-0.25, -0.2) is 14.0 Å². The second-order valence-electron chi connectivity index (χ2n) is 5.50. The maximum atomic E-state index is 13.3. The second-order valence-corrected chi connectivity index (χ2v) is 5.50. The van der Waals surface area contributed by atoms with Crippen molar-refractivity contribution in [2.24, 2.45) is 0 Å². The molecule has 0 unspecified atom stereocenters. The summed E-state index contributed by atoms with van der Waals surface area (Å²) >= 11 is 0. The van der Waals surface area contributed by atoms with Crippen LogP contribution in [0.4, 0.5) is 14.9 Å². The fraction of sp³-hybridized carbons (Fsp3) is 0.429. The maximum absolute atomic E-state index is 13.3. The van der Waals surface area contributed by atoms with Crippen LogP contribution in [0.2, 0.25) is 0 Å². The smallest absolute Gasteiger partial charge is 0.338 e. The predicted molar refractivity (Wildman–Crippen MR) is 72.4 cm³/mol. The van der Waals surface area contributed by atoms with Crippen molar-refractivity contribution in [2.45, 2.75) is 32.2 Å². The molecule has 6 heteroatoms. The molecule has 20 heavy (non-hydrogen) atoms. The molecule has 1 fully saturated rings. The number of rotatable bonds is 2. The van der Waals surface area contributed by atoms with E-state index in [9.17, 15) is 14.0 Å². The molecule has 1 aliphatic heterocycles. The summed E-state index contributed by atoms with van der Waals surface area (Å²) in [6.07, 6.45) is 1.86. The number of hydrogen-bond donors (Lipinski definition) is 2. The highest BCUT2D eigenvalue weighted by Crippen LogP contribution is 2.29. The SMILES string of the molecule is CC1(C)CCCN1C(=O)Nc1ccc(F)c(C(=O)O)c1. The zero-order valence-electron chi connectivity index (χ0n) is 11.4. The van der Waals surface area contributed by atoms with Crippen LogP contribution in [-0.4, -0.2) is 34.1 Å². The highest BCUT2D eigenvalue weighted by molar-refractivity contribution is 5.93. The molecule has 0 aliphatic carbocycles. The largest absolute Gasteiger partial charge is 0.478 e. The van der Waals surface area contributed by atoms with Gasteiger partial charge in [-0.1, -0.05) is 0 Å². The van der Waals surface area contributed by atoms with Gasteiger partial charge in [0.2, 0.25) is 0 Å². The van der Waals surface area contributed by atoms with Crippen LogP contribution in [0.5, 0.6) is 0 Å². The van der Waals surface area contributed by atoms with Crippen LogP contribution >= 0.6 is 0 Å². The third-order valence-corrected chi connectivity index (χ3v) is 3.59. The molecule has 1 saturated heterocycles. The first kappa shape index (κ1) is 14.3. The summed E-state index contributed by atoms with van der Waals surface area (Å²) in [6, 6.07) is 3.21. The van der Waals surface area contributed by atoms with Gasteiger partial charge >= 0.3 is 12.0 Å². The van der Waals surface area contributed by atoms with E-state index in [4.69, 9.17) is 5.11 Å². The van der Waals surface area contributed by atoms with Gasteiger partial charge in [0.15, 0.2) is 0 Å². The van der Waals surface area contributed by atoms with Crippen LogP contribution in [0.3, 0.4) is 0 Å². The van der Waals surface area contributed by atoms with Gasteiger partial charge in [0.05, 0.1) is 5.56 Å². The minimum Gasteiger partial charge on any atom is -0.478 e. The van der Waals surface area contributed by atoms with E-state index in [0.717, 1.165) is 25.0 Å². The topological polar surface area (TPSA) is 69.6 Å². The minimum absolute atomic E-state index is 0.222. The summed E-state index contributed by atoms with van der Waals surface area (Å²) in [5.41, 5.74) is -0.403. The van der Waals surface area contributed by atoms with Crippen molar-refractivity contribution in [3.8, 4) is 0 Å². The number of amides is 2. The van der Waals surface area contributed by atoms with Gasteiger partial charge in [-0.15, -0.1) is 0 Å². The Balaban J connectivity index is 2.16. The van der Waals surface area contributed by atoms with Gasteiger partial charge in [-0.05, 0) is 44.9 Å². The van der Waals surface area contributed by atoms with Crippen LogP contribution < -0.4 is 5.32 Å². The normalized spacial score (nSPS) is 17.1. The van der Waals surface area contributed by atoms with Crippen LogP contribution in [-0.2, 0) is 0 Å². The minimum atomic E-state index is -1.36. The lowest BCUT2D eigenvalue weighted by atomic mass is 10.0. The van der Waals surface area contributed by atoms with E-state index in [2.05, 4.69) is 5.32 Å². The third-order valence-electron chi connectivity index (χ3n) is 3.59. The van der Waals surface area contributed by atoms with Crippen molar-refractivity contribution >= 4 is 17.7 Å². The quantitative estimate of drug-likeness (QED) is 0.875. The Kier molecular flexibility index (Phi) is 3.65. The average Bonchev–Trinajstić information content (AvgIpc) is 2.71. The number of benzene rings is 1. The van der Waals surface area contributed by atoms with Gasteiger partial charge in [-0.2, -0.15) is 0 Å². The van der Waals surface area contributed by atoms with Crippen molar-refractivity contribution < 1.29 is 19.1 Å². The molecule has 0 radical (unpaired) electrons. The molecule has 5 nitrogen and oxygen atoms in total. The summed E-state index contributed by atoms with van der Waals surface area (Å²) in [5, 5.41) is 11.5. The molecule has 2 rings (SSSR count). The monoisotopic (exact) mass is 280 g/mol. The van der Waals surface area contributed by atoms with Gasteiger partial charge in [-0.3, -0.25) is 0 Å². The van der Waals surface area contributed by atoms with Gasteiger partial charge in [0.1, 0.15) is 5.82 Å². The number of carbonyl (C=O) groups is 2.